The third-order valence-corrected chi connectivity index (χ3v) is 8.85. The van der Waals surface area contributed by atoms with Crippen molar-refractivity contribution in [2.24, 2.45) is 0 Å². The van der Waals surface area contributed by atoms with Gasteiger partial charge in [0.1, 0.15) is 22.5 Å². The first kappa shape index (κ1) is 18.9. The maximum absolute atomic E-state index is 13.4. The van der Waals surface area contributed by atoms with E-state index in [4.69, 9.17) is 4.74 Å². The molecular formula is C20H19NO5S2. The molecule has 0 bridgehead atoms. The monoisotopic (exact) mass is 417 g/mol. The molecule has 2 heterocycles. The molecular weight excluding hydrogens is 398 g/mol. The normalized spacial score (nSPS) is 19.0. The highest BCUT2D eigenvalue weighted by Crippen LogP contribution is 2.61. The minimum atomic E-state index is -3.90. The van der Waals surface area contributed by atoms with E-state index < -0.39 is 25.7 Å². The van der Waals surface area contributed by atoms with E-state index in [0.29, 0.717) is 10.5 Å². The third kappa shape index (κ3) is 3.40. The Morgan fingerprint density at radius 3 is 2.57 bits per heavy atom. The predicted molar refractivity (Wildman–Crippen MR) is 107 cm³/mol. The number of ether oxygens (including phenoxy) is 1. The zero-order chi connectivity index (χ0) is 19.8. The molecule has 0 aliphatic carbocycles. The molecule has 0 fully saturated rings. The quantitative estimate of drug-likeness (QED) is 0.642. The number of hydrogen-bond acceptors (Lipinski definition) is 6. The van der Waals surface area contributed by atoms with Gasteiger partial charge in [-0.1, -0.05) is 36.4 Å². The van der Waals surface area contributed by atoms with Crippen LogP contribution in [0.1, 0.15) is 16.4 Å². The maximum Gasteiger partial charge on any atom is 0.190 e. The molecule has 0 saturated heterocycles. The number of rotatable bonds is 5. The van der Waals surface area contributed by atoms with Crippen LogP contribution in [-0.2, 0) is 16.4 Å². The van der Waals surface area contributed by atoms with Gasteiger partial charge in [0.05, 0.1) is 10.6 Å². The topological polar surface area (TPSA) is 96.7 Å². The first-order chi connectivity index (χ1) is 13.4. The standard InChI is InChI=1S/C20H19NO5S2/c22-27(23)14-20(16-7-1-3-9-18(16)27)28(24,25)19-10-4-2-8-17(19)26-13-15-6-5-11-21-12-15/h1-12,20,22-23H,13-14H2. The van der Waals surface area contributed by atoms with Crippen molar-refractivity contribution in [3.8, 4) is 5.75 Å². The van der Waals surface area contributed by atoms with Crippen molar-refractivity contribution in [1.29, 1.82) is 0 Å². The van der Waals surface area contributed by atoms with Crippen LogP contribution in [0.15, 0.2) is 82.8 Å². The fourth-order valence-corrected chi connectivity index (χ4v) is 7.84. The molecule has 0 spiro atoms. The maximum atomic E-state index is 13.4. The van der Waals surface area contributed by atoms with Crippen LogP contribution in [0.3, 0.4) is 0 Å². The molecule has 2 N–H and O–H groups in total. The van der Waals surface area contributed by atoms with Gasteiger partial charge in [0, 0.05) is 18.0 Å². The fourth-order valence-electron chi connectivity index (χ4n) is 3.29. The summed E-state index contributed by atoms with van der Waals surface area (Å²) in [6.45, 7) is 0.177. The van der Waals surface area contributed by atoms with Crippen molar-refractivity contribution in [1.82, 2.24) is 4.98 Å². The number of sulfone groups is 1. The van der Waals surface area contributed by atoms with Gasteiger partial charge >= 0.3 is 0 Å². The lowest BCUT2D eigenvalue weighted by Crippen LogP contribution is -2.16. The second-order valence-electron chi connectivity index (χ2n) is 6.50. The minimum absolute atomic E-state index is 0.0378. The number of benzene rings is 2. The van der Waals surface area contributed by atoms with Gasteiger partial charge in [-0.3, -0.25) is 14.1 Å². The van der Waals surface area contributed by atoms with E-state index in [-0.39, 0.29) is 23.0 Å². The van der Waals surface area contributed by atoms with E-state index >= 15 is 0 Å². The Kier molecular flexibility index (Phi) is 4.88. The number of nitrogens with zero attached hydrogens (tertiary/aromatic N) is 1. The van der Waals surface area contributed by atoms with Crippen molar-refractivity contribution in [2.45, 2.75) is 21.6 Å². The molecule has 146 valence electrons. The fraction of sp³-hybridized carbons (Fsp3) is 0.150. The van der Waals surface area contributed by atoms with E-state index in [1.807, 2.05) is 6.07 Å². The van der Waals surface area contributed by atoms with Gasteiger partial charge < -0.3 is 4.74 Å². The molecule has 1 atom stereocenters. The molecule has 1 aromatic heterocycles. The lowest BCUT2D eigenvalue weighted by Gasteiger charge is -2.27. The summed E-state index contributed by atoms with van der Waals surface area (Å²) in [6, 6.07) is 16.6. The molecule has 0 radical (unpaired) electrons. The Hall–Kier alpha value is -2.39. The van der Waals surface area contributed by atoms with Crippen LogP contribution in [0.25, 0.3) is 0 Å². The summed E-state index contributed by atoms with van der Waals surface area (Å²) < 4.78 is 53.4. The molecule has 28 heavy (non-hydrogen) atoms. The third-order valence-electron chi connectivity index (χ3n) is 4.65. The van der Waals surface area contributed by atoms with Crippen molar-refractivity contribution in [3.63, 3.8) is 0 Å². The molecule has 1 aliphatic heterocycles. The molecule has 4 rings (SSSR count). The van der Waals surface area contributed by atoms with Crippen LogP contribution >= 0.6 is 10.6 Å². The number of pyridine rings is 1. The van der Waals surface area contributed by atoms with Gasteiger partial charge in [-0.05, 0) is 29.8 Å². The highest BCUT2D eigenvalue weighted by molar-refractivity contribution is 8.25. The van der Waals surface area contributed by atoms with E-state index in [9.17, 15) is 17.5 Å². The number of hydrogen-bond donors (Lipinski definition) is 2. The van der Waals surface area contributed by atoms with Crippen LogP contribution in [-0.4, -0.2) is 28.3 Å². The van der Waals surface area contributed by atoms with Crippen molar-refractivity contribution in [2.75, 3.05) is 5.75 Å². The molecule has 1 unspecified atom stereocenters. The number of aromatic nitrogens is 1. The zero-order valence-corrected chi connectivity index (χ0v) is 16.4. The highest BCUT2D eigenvalue weighted by atomic mass is 32.3. The van der Waals surface area contributed by atoms with Crippen LogP contribution in [0.4, 0.5) is 0 Å². The van der Waals surface area contributed by atoms with Crippen LogP contribution in [0.2, 0.25) is 0 Å². The molecule has 2 aromatic carbocycles. The molecule has 1 aliphatic rings. The second kappa shape index (κ2) is 7.21. The highest BCUT2D eigenvalue weighted by Gasteiger charge is 2.43. The van der Waals surface area contributed by atoms with E-state index in [2.05, 4.69) is 4.98 Å². The zero-order valence-electron chi connectivity index (χ0n) is 14.8. The van der Waals surface area contributed by atoms with Crippen LogP contribution in [0.5, 0.6) is 5.75 Å². The van der Waals surface area contributed by atoms with Gasteiger partial charge in [0.25, 0.3) is 0 Å². The van der Waals surface area contributed by atoms with Gasteiger partial charge in [-0.25, -0.2) is 8.42 Å². The molecule has 3 aromatic rings. The van der Waals surface area contributed by atoms with E-state index in [1.54, 1.807) is 60.9 Å². The number of para-hydroxylation sites is 1. The summed E-state index contributed by atoms with van der Waals surface area (Å²) in [7, 11) is -7.04. The summed E-state index contributed by atoms with van der Waals surface area (Å²) in [6.07, 6.45) is 3.30. The van der Waals surface area contributed by atoms with Crippen molar-refractivity contribution < 1.29 is 22.3 Å². The molecule has 0 saturated carbocycles. The Morgan fingerprint density at radius 2 is 1.79 bits per heavy atom. The molecule has 0 amide bonds. The Bertz CT molecular complexity index is 1100. The molecule has 8 heteroatoms. The summed E-state index contributed by atoms with van der Waals surface area (Å²) in [5.41, 5.74) is 1.25. The van der Waals surface area contributed by atoms with Crippen LogP contribution < -0.4 is 4.74 Å². The van der Waals surface area contributed by atoms with Gasteiger partial charge in [-0.15, -0.1) is 0 Å². The SMILES string of the molecule is O=S(=O)(c1ccccc1OCc1cccnc1)C1CS(O)(O)c2ccccc21. The minimum Gasteiger partial charge on any atom is -0.487 e. The smallest absolute Gasteiger partial charge is 0.190 e. The summed E-state index contributed by atoms with van der Waals surface area (Å²) in [5.74, 6) is -0.0155. The van der Waals surface area contributed by atoms with E-state index in [1.165, 1.54) is 6.07 Å². The first-order valence-electron chi connectivity index (χ1n) is 8.59. The Labute approximate surface area is 165 Å². The first-order valence-corrected chi connectivity index (χ1v) is 11.9. The summed E-state index contributed by atoms with van der Waals surface area (Å²) >= 11 is 0. The largest absolute Gasteiger partial charge is 0.487 e. The van der Waals surface area contributed by atoms with Crippen molar-refractivity contribution in [3.05, 3.63) is 84.2 Å². The molecule has 6 nitrogen and oxygen atoms in total. The predicted octanol–water partition coefficient (Wildman–Crippen LogP) is 4.30. The Morgan fingerprint density at radius 1 is 1.04 bits per heavy atom. The van der Waals surface area contributed by atoms with Crippen molar-refractivity contribution >= 4 is 20.4 Å². The Balaban J connectivity index is 1.70. The summed E-state index contributed by atoms with van der Waals surface area (Å²) in [4.78, 5) is 4.36. The van der Waals surface area contributed by atoms with Crippen LogP contribution in [0, 0.1) is 0 Å². The number of fused-ring (bicyclic) bond motifs is 1. The van der Waals surface area contributed by atoms with Gasteiger partial charge in [0.2, 0.25) is 0 Å². The average molecular weight is 418 g/mol. The lowest BCUT2D eigenvalue weighted by molar-refractivity contribution is 0.297. The average Bonchev–Trinajstić information content (AvgIpc) is 2.99. The van der Waals surface area contributed by atoms with E-state index in [0.717, 1.165) is 5.56 Å². The van der Waals surface area contributed by atoms with Gasteiger partial charge in [-0.2, -0.15) is 10.6 Å². The summed E-state index contributed by atoms with van der Waals surface area (Å²) in [5, 5.41) is -1.03. The lowest BCUT2D eigenvalue weighted by atomic mass is 10.2. The van der Waals surface area contributed by atoms with Gasteiger partial charge in [0.15, 0.2) is 9.84 Å². The second-order valence-corrected chi connectivity index (χ2v) is 10.7.